The van der Waals surface area contributed by atoms with E-state index in [0.29, 0.717) is 10.6 Å². The van der Waals surface area contributed by atoms with E-state index < -0.39 is 11.8 Å². The third-order valence-corrected chi connectivity index (χ3v) is 3.19. The van der Waals surface area contributed by atoms with Crippen molar-refractivity contribution in [1.82, 2.24) is 4.98 Å². The van der Waals surface area contributed by atoms with Crippen molar-refractivity contribution in [2.24, 2.45) is 0 Å². The number of nitrogens with zero attached hydrogens (tertiary/aromatic N) is 1. The first kappa shape index (κ1) is 12.5. The van der Waals surface area contributed by atoms with Crippen LogP contribution >= 0.6 is 11.3 Å². The minimum absolute atomic E-state index is 0.141. The van der Waals surface area contributed by atoms with Crippen LogP contribution in [0.2, 0.25) is 0 Å². The lowest BCUT2D eigenvalue weighted by atomic mass is 10.2. The van der Waals surface area contributed by atoms with Crippen LogP contribution < -0.4 is 4.74 Å². The summed E-state index contributed by atoms with van der Waals surface area (Å²) in [6, 6.07) is 4.42. The Bertz CT molecular complexity index is 582. The van der Waals surface area contributed by atoms with Gasteiger partial charge >= 0.3 is 5.97 Å². The number of aromatic nitrogens is 1. The molecule has 0 fully saturated rings. The van der Waals surface area contributed by atoms with Gasteiger partial charge < -0.3 is 9.47 Å². The van der Waals surface area contributed by atoms with Gasteiger partial charge in [0.15, 0.2) is 17.3 Å². The molecule has 4 nitrogen and oxygen atoms in total. The Morgan fingerprint density at radius 1 is 1.39 bits per heavy atom. The third kappa shape index (κ3) is 2.33. The summed E-state index contributed by atoms with van der Waals surface area (Å²) in [6.07, 6.45) is 0. The summed E-state index contributed by atoms with van der Waals surface area (Å²) in [5.74, 6) is -0.792. The van der Waals surface area contributed by atoms with Gasteiger partial charge in [-0.15, -0.1) is 11.3 Å². The lowest BCUT2D eigenvalue weighted by Crippen LogP contribution is -2.00. The highest BCUT2D eigenvalue weighted by molar-refractivity contribution is 7.13. The fraction of sp³-hybridized carbons (Fsp3) is 0.167. The second-order valence-corrected chi connectivity index (χ2v) is 4.24. The second kappa shape index (κ2) is 5.14. The number of benzene rings is 1. The lowest BCUT2D eigenvalue weighted by Gasteiger charge is -2.03. The Balaban J connectivity index is 2.37. The van der Waals surface area contributed by atoms with E-state index in [-0.39, 0.29) is 11.4 Å². The number of carbonyl (C=O) groups excluding carboxylic acids is 1. The molecule has 0 unspecified atom stereocenters. The van der Waals surface area contributed by atoms with Gasteiger partial charge in [-0.05, 0) is 18.2 Å². The predicted octanol–water partition coefficient (Wildman–Crippen LogP) is 2.74. The molecule has 2 rings (SSSR count). The molecule has 0 spiro atoms. The second-order valence-electron chi connectivity index (χ2n) is 3.38. The number of esters is 1. The summed E-state index contributed by atoms with van der Waals surface area (Å²) in [5.41, 5.74) is 0.925. The van der Waals surface area contributed by atoms with Gasteiger partial charge in [0.25, 0.3) is 0 Å². The van der Waals surface area contributed by atoms with Crippen molar-refractivity contribution in [3.63, 3.8) is 0 Å². The molecule has 0 saturated carbocycles. The van der Waals surface area contributed by atoms with E-state index in [2.05, 4.69) is 9.72 Å². The predicted molar refractivity (Wildman–Crippen MR) is 65.4 cm³/mol. The standard InChI is InChI=1S/C12H10FNO3S/c1-16-10-5-7(3-4-8(10)13)11-14-9(6-18-11)12(15)17-2/h3-6H,1-2H3. The number of hydrogen-bond donors (Lipinski definition) is 0. The molecule has 6 heteroatoms. The van der Waals surface area contributed by atoms with Gasteiger partial charge in [0.2, 0.25) is 0 Å². The van der Waals surface area contributed by atoms with Crippen LogP contribution in [0.5, 0.6) is 5.75 Å². The largest absolute Gasteiger partial charge is 0.494 e. The van der Waals surface area contributed by atoms with Crippen molar-refractivity contribution < 1.29 is 18.7 Å². The first-order chi connectivity index (χ1) is 8.65. The molecule has 18 heavy (non-hydrogen) atoms. The zero-order chi connectivity index (χ0) is 13.1. The summed E-state index contributed by atoms with van der Waals surface area (Å²) >= 11 is 1.28. The molecular formula is C12H10FNO3S. The van der Waals surface area contributed by atoms with Crippen LogP contribution in [0, 0.1) is 5.82 Å². The van der Waals surface area contributed by atoms with Gasteiger partial charge in [0.1, 0.15) is 5.01 Å². The van der Waals surface area contributed by atoms with E-state index in [1.54, 1.807) is 11.4 Å². The lowest BCUT2D eigenvalue weighted by molar-refractivity contribution is 0.0595. The van der Waals surface area contributed by atoms with Gasteiger partial charge in [-0.2, -0.15) is 0 Å². The molecule has 2 aromatic rings. The molecule has 0 atom stereocenters. The molecule has 1 aromatic heterocycles. The summed E-state index contributed by atoms with van der Waals surface area (Å²) in [5, 5.41) is 2.20. The van der Waals surface area contributed by atoms with Crippen LogP contribution in [0.25, 0.3) is 10.6 Å². The van der Waals surface area contributed by atoms with Crippen molar-refractivity contribution in [2.75, 3.05) is 14.2 Å². The fourth-order valence-electron chi connectivity index (χ4n) is 1.40. The average molecular weight is 267 g/mol. The monoisotopic (exact) mass is 267 g/mol. The van der Waals surface area contributed by atoms with Crippen LogP contribution in [0.1, 0.15) is 10.5 Å². The van der Waals surface area contributed by atoms with Crippen LogP contribution in [0.15, 0.2) is 23.6 Å². The molecule has 0 aliphatic rings. The molecule has 0 N–H and O–H groups in total. The topological polar surface area (TPSA) is 48.4 Å². The van der Waals surface area contributed by atoms with Gasteiger partial charge in [0.05, 0.1) is 14.2 Å². The Morgan fingerprint density at radius 2 is 2.17 bits per heavy atom. The minimum atomic E-state index is -0.494. The number of methoxy groups -OCH3 is 2. The van der Waals surface area contributed by atoms with Gasteiger partial charge in [0, 0.05) is 10.9 Å². The first-order valence-corrected chi connectivity index (χ1v) is 5.91. The number of halogens is 1. The number of rotatable bonds is 3. The maximum atomic E-state index is 13.3. The quantitative estimate of drug-likeness (QED) is 0.802. The summed E-state index contributed by atoms with van der Waals surface area (Å²) in [4.78, 5) is 15.4. The average Bonchev–Trinajstić information content (AvgIpc) is 2.88. The highest BCUT2D eigenvalue weighted by atomic mass is 32.1. The van der Waals surface area contributed by atoms with Gasteiger partial charge in [-0.3, -0.25) is 0 Å². The fourth-order valence-corrected chi connectivity index (χ4v) is 2.18. The number of carbonyl (C=O) groups is 1. The maximum Gasteiger partial charge on any atom is 0.357 e. The first-order valence-electron chi connectivity index (χ1n) is 5.03. The maximum absolute atomic E-state index is 13.3. The van der Waals surface area contributed by atoms with E-state index in [1.165, 1.54) is 37.7 Å². The Morgan fingerprint density at radius 3 is 2.83 bits per heavy atom. The van der Waals surface area contributed by atoms with Crippen molar-refractivity contribution in [1.29, 1.82) is 0 Å². The molecular weight excluding hydrogens is 257 g/mol. The van der Waals surface area contributed by atoms with E-state index >= 15 is 0 Å². The molecule has 0 amide bonds. The summed E-state index contributed by atoms with van der Waals surface area (Å²) < 4.78 is 22.7. The Kier molecular flexibility index (Phi) is 3.57. The molecule has 0 radical (unpaired) electrons. The number of hydrogen-bond acceptors (Lipinski definition) is 5. The van der Waals surface area contributed by atoms with Crippen LogP contribution in [0.3, 0.4) is 0 Å². The van der Waals surface area contributed by atoms with E-state index in [1.807, 2.05) is 0 Å². The van der Waals surface area contributed by atoms with Crippen molar-refractivity contribution >= 4 is 17.3 Å². The summed E-state index contributed by atoms with van der Waals surface area (Å²) in [6.45, 7) is 0. The van der Waals surface area contributed by atoms with Crippen LogP contribution in [-0.2, 0) is 4.74 Å². The highest BCUT2D eigenvalue weighted by Gasteiger charge is 2.13. The molecule has 0 saturated heterocycles. The minimum Gasteiger partial charge on any atom is -0.494 e. The Hall–Kier alpha value is -1.95. The number of thiazole rings is 1. The van der Waals surface area contributed by atoms with E-state index in [4.69, 9.17) is 4.74 Å². The normalized spacial score (nSPS) is 10.2. The summed E-state index contributed by atoms with van der Waals surface area (Å²) in [7, 11) is 2.69. The zero-order valence-corrected chi connectivity index (χ0v) is 10.6. The van der Waals surface area contributed by atoms with Crippen molar-refractivity contribution in [3.8, 4) is 16.3 Å². The van der Waals surface area contributed by atoms with Crippen molar-refractivity contribution in [3.05, 3.63) is 35.1 Å². The SMILES string of the molecule is COC(=O)c1csc(-c2ccc(F)c(OC)c2)n1. The van der Waals surface area contributed by atoms with E-state index in [0.717, 1.165) is 0 Å². The molecule has 0 bridgehead atoms. The highest BCUT2D eigenvalue weighted by Crippen LogP contribution is 2.28. The zero-order valence-electron chi connectivity index (χ0n) is 9.77. The number of ether oxygens (including phenoxy) is 2. The van der Waals surface area contributed by atoms with Crippen LogP contribution in [0.4, 0.5) is 4.39 Å². The molecule has 0 aliphatic heterocycles. The smallest absolute Gasteiger partial charge is 0.357 e. The Labute approximate surface area is 107 Å². The van der Waals surface area contributed by atoms with Gasteiger partial charge in [-0.25, -0.2) is 14.2 Å². The molecule has 0 aliphatic carbocycles. The molecule has 1 heterocycles. The third-order valence-electron chi connectivity index (χ3n) is 2.30. The molecule has 94 valence electrons. The van der Waals surface area contributed by atoms with E-state index in [9.17, 15) is 9.18 Å². The van der Waals surface area contributed by atoms with Crippen molar-refractivity contribution in [2.45, 2.75) is 0 Å². The van der Waals surface area contributed by atoms with Gasteiger partial charge in [-0.1, -0.05) is 0 Å². The van der Waals surface area contributed by atoms with Crippen LogP contribution in [-0.4, -0.2) is 25.2 Å². The molecule has 1 aromatic carbocycles.